The average molecular weight is 414 g/mol. The number of hydrogen-bond donors (Lipinski definition) is 1. The minimum atomic E-state index is -0.561. The Kier molecular flexibility index (Phi) is 4.82. The van der Waals surface area contributed by atoms with Gasteiger partial charge in [0.2, 0.25) is 0 Å². The minimum Gasteiger partial charge on any atom is -0.386 e. The smallest absolute Gasteiger partial charge is 0.0805 e. The zero-order valence-electron chi connectivity index (χ0n) is 14.3. The fourth-order valence-corrected chi connectivity index (χ4v) is 6.70. The largest absolute Gasteiger partial charge is 0.386 e. The summed E-state index contributed by atoms with van der Waals surface area (Å²) in [6.45, 7) is 6.99. The summed E-state index contributed by atoms with van der Waals surface area (Å²) in [6, 6.07) is 0. The average Bonchev–Trinajstić information content (AvgIpc) is 2.97. The van der Waals surface area contributed by atoms with Gasteiger partial charge in [0.15, 0.2) is 0 Å². The van der Waals surface area contributed by atoms with E-state index < -0.39 is 5.60 Å². The van der Waals surface area contributed by atoms with E-state index in [1.165, 1.54) is 38.5 Å². The highest BCUT2D eigenvalue weighted by Gasteiger charge is 2.50. The lowest BCUT2D eigenvalue weighted by Crippen LogP contribution is -2.36. The lowest BCUT2D eigenvalue weighted by Gasteiger charge is -2.44. The van der Waals surface area contributed by atoms with Crippen LogP contribution in [0.3, 0.4) is 0 Å². The molecule has 0 bridgehead atoms. The molecular formula is C20H31IO. The summed E-state index contributed by atoms with van der Waals surface area (Å²) >= 11 is 2.46. The van der Waals surface area contributed by atoms with Gasteiger partial charge in [0, 0.05) is 0 Å². The number of aliphatic hydroxyl groups is 1. The van der Waals surface area contributed by atoms with Crippen LogP contribution in [0.15, 0.2) is 21.8 Å². The van der Waals surface area contributed by atoms with E-state index in [9.17, 15) is 5.11 Å². The van der Waals surface area contributed by atoms with Crippen molar-refractivity contribution < 1.29 is 5.11 Å². The molecule has 0 saturated heterocycles. The molecule has 0 heterocycles. The van der Waals surface area contributed by atoms with Crippen LogP contribution in [-0.4, -0.2) is 10.7 Å². The second-order valence-corrected chi connectivity index (χ2v) is 9.30. The molecule has 2 saturated carbocycles. The molecule has 3 aliphatic rings. The molecule has 124 valence electrons. The van der Waals surface area contributed by atoms with E-state index in [1.54, 1.807) is 5.57 Å². The second kappa shape index (κ2) is 6.23. The molecule has 1 nitrogen and oxygen atoms in total. The van der Waals surface area contributed by atoms with Gasteiger partial charge < -0.3 is 5.11 Å². The van der Waals surface area contributed by atoms with Crippen molar-refractivity contribution >= 4 is 22.6 Å². The Morgan fingerprint density at radius 2 is 2.18 bits per heavy atom. The van der Waals surface area contributed by atoms with Crippen LogP contribution in [0.5, 0.6) is 0 Å². The molecular weight excluding hydrogens is 383 g/mol. The number of hydrogen-bond acceptors (Lipinski definition) is 1. The van der Waals surface area contributed by atoms with E-state index in [4.69, 9.17) is 0 Å². The Morgan fingerprint density at radius 3 is 2.82 bits per heavy atom. The number of halogens is 1. The van der Waals surface area contributed by atoms with E-state index in [0.29, 0.717) is 11.3 Å². The highest BCUT2D eigenvalue weighted by Crippen LogP contribution is 2.60. The van der Waals surface area contributed by atoms with Gasteiger partial charge in [-0.15, -0.1) is 0 Å². The summed E-state index contributed by atoms with van der Waals surface area (Å²) in [4.78, 5) is 0. The molecule has 0 radical (unpaired) electrons. The molecule has 1 N–H and O–H groups in total. The molecule has 0 spiro atoms. The highest BCUT2D eigenvalue weighted by atomic mass is 127. The lowest BCUT2D eigenvalue weighted by molar-refractivity contribution is 0.0756. The predicted octanol–water partition coefficient (Wildman–Crippen LogP) is 5.88. The summed E-state index contributed by atoms with van der Waals surface area (Å²) in [7, 11) is 0. The summed E-state index contributed by atoms with van der Waals surface area (Å²) in [6.07, 6.45) is 13.4. The third-order valence-electron chi connectivity index (χ3n) is 6.94. The number of rotatable bonds is 3. The van der Waals surface area contributed by atoms with Crippen LogP contribution in [-0.2, 0) is 0 Å². The maximum absolute atomic E-state index is 10.2. The monoisotopic (exact) mass is 414 g/mol. The fourth-order valence-electron chi connectivity index (χ4n) is 5.96. The summed E-state index contributed by atoms with van der Waals surface area (Å²) in [5.41, 5.74) is 1.70. The Hall–Kier alpha value is 0.170. The van der Waals surface area contributed by atoms with Crippen molar-refractivity contribution in [2.75, 3.05) is 0 Å². The van der Waals surface area contributed by atoms with Crippen molar-refractivity contribution in [1.82, 2.24) is 0 Å². The molecule has 3 rings (SSSR count). The van der Waals surface area contributed by atoms with Crippen molar-refractivity contribution in [2.45, 2.75) is 71.3 Å². The Bertz CT molecular complexity index is 478. The van der Waals surface area contributed by atoms with Crippen LogP contribution in [0, 0.1) is 29.1 Å². The van der Waals surface area contributed by atoms with Crippen LogP contribution in [0.25, 0.3) is 0 Å². The van der Waals surface area contributed by atoms with Crippen molar-refractivity contribution in [3.63, 3.8) is 0 Å². The maximum Gasteiger partial charge on any atom is 0.0805 e. The highest BCUT2D eigenvalue weighted by molar-refractivity contribution is 14.1. The van der Waals surface area contributed by atoms with Crippen molar-refractivity contribution in [1.29, 1.82) is 0 Å². The summed E-state index contributed by atoms with van der Waals surface area (Å²) in [5.74, 6) is 3.05. The Morgan fingerprint density at radius 1 is 1.41 bits per heavy atom. The van der Waals surface area contributed by atoms with Gasteiger partial charge in [-0.3, -0.25) is 0 Å². The predicted molar refractivity (Wildman–Crippen MR) is 102 cm³/mol. The first-order valence-corrected chi connectivity index (χ1v) is 10.3. The zero-order chi connectivity index (χ0) is 16.0. The van der Waals surface area contributed by atoms with Gasteiger partial charge in [-0.1, -0.05) is 54.2 Å². The molecule has 0 aromatic carbocycles. The number of allylic oxidation sites excluding steroid dienone is 2. The Balaban J connectivity index is 1.69. The SMILES string of the molecule is C[C@H](C[C@@H]1C=C[C@](C)(O)C1)[C@H]1CCC2C(=CI)CCC[C@]21C. The van der Waals surface area contributed by atoms with Crippen molar-refractivity contribution in [2.24, 2.45) is 29.1 Å². The summed E-state index contributed by atoms with van der Waals surface area (Å²) < 4.78 is 2.38. The molecule has 0 amide bonds. The first kappa shape index (κ1) is 17.0. The van der Waals surface area contributed by atoms with Gasteiger partial charge in [0.1, 0.15) is 0 Å². The van der Waals surface area contributed by atoms with E-state index in [2.05, 4.69) is 46.6 Å². The molecule has 1 unspecified atom stereocenters. The standard InChI is InChI=1S/C20H31IO/c1-14(11-15-8-10-19(2,22)12-15)17-6-7-18-16(13-21)5-4-9-20(17,18)3/h8,10,13-15,17-18,22H,4-7,9,11-12H2,1-3H3/t14-,15+,17-,18?,19+,20+/m1/s1. The van der Waals surface area contributed by atoms with Gasteiger partial charge in [0.25, 0.3) is 0 Å². The summed E-state index contributed by atoms with van der Waals surface area (Å²) in [5, 5.41) is 10.2. The third kappa shape index (κ3) is 3.07. The molecule has 3 aliphatic carbocycles. The van der Waals surface area contributed by atoms with Crippen molar-refractivity contribution in [3.05, 3.63) is 21.8 Å². The van der Waals surface area contributed by atoms with E-state index in [1.807, 2.05) is 13.0 Å². The van der Waals surface area contributed by atoms with Gasteiger partial charge in [-0.25, -0.2) is 0 Å². The third-order valence-corrected chi connectivity index (χ3v) is 7.74. The van der Waals surface area contributed by atoms with E-state index >= 15 is 0 Å². The second-order valence-electron chi connectivity index (χ2n) is 8.67. The van der Waals surface area contributed by atoms with E-state index in [0.717, 1.165) is 24.2 Å². The molecule has 0 aliphatic heterocycles. The van der Waals surface area contributed by atoms with Crippen LogP contribution in [0.2, 0.25) is 0 Å². The normalized spacial score (nSPS) is 47.9. The number of fused-ring (bicyclic) bond motifs is 1. The lowest BCUT2D eigenvalue weighted by atomic mass is 9.61. The van der Waals surface area contributed by atoms with Crippen LogP contribution < -0.4 is 0 Å². The first-order valence-electron chi connectivity index (χ1n) is 9.06. The van der Waals surface area contributed by atoms with Crippen LogP contribution >= 0.6 is 22.6 Å². The fraction of sp³-hybridized carbons (Fsp3) is 0.800. The molecule has 22 heavy (non-hydrogen) atoms. The topological polar surface area (TPSA) is 20.2 Å². The van der Waals surface area contributed by atoms with Crippen LogP contribution in [0.4, 0.5) is 0 Å². The molecule has 0 aromatic rings. The van der Waals surface area contributed by atoms with Gasteiger partial charge in [0.05, 0.1) is 5.60 Å². The van der Waals surface area contributed by atoms with Gasteiger partial charge in [-0.2, -0.15) is 0 Å². The maximum atomic E-state index is 10.2. The Labute approximate surface area is 149 Å². The van der Waals surface area contributed by atoms with Crippen molar-refractivity contribution in [3.8, 4) is 0 Å². The van der Waals surface area contributed by atoms with E-state index in [-0.39, 0.29) is 0 Å². The quantitative estimate of drug-likeness (QED) is 0.452. The first-order chi connectivity index (χ1) is 10.4. The van der Waals surface area contributed by atoms with Gasteiger partial charge in [-0.05, 0) is 85.0 Å². The zero-order valence-corrected chi connectivity index (χ0v) is 16.5. The van der Waals surface area contributed by atoms with Gasteiger partial charge >= 0.3 is 0 Å². The molecule has 0 aromatic heterocycles. The molecule has 6 atom stereocenters. The molecule has 2 heteroatoms. The van der Waals surface area contributed by atoms with Crippen LogP contribution in [0.1, 0.15) is 65.7 Å². The minimum absolute atomic E-state index is 0.527. The molecule has 2 fully saturated rings.